The first-order valence-corrected chi connectivity index (χ1v) is 12.8. The van der Waals surface area contributed by atoms with Crippen molar-refractivity contribution in [1.82, 2.24) is 4.90 Å². The van der Waals surface area contributed by atoms with E-state index in [1.165, 1.54) is 11.2 Å². The Morgan fingerprint density at radius 3 is 2.76 bits per heavy atom. The summed E-state index contributed by atoms with van der Waals surface area (Å²) in [5.41, 5.74) is 2.16. The highest BCUT2D eigenvalue weighted by Crippen LogP contribution is 2.42. The number of fused-ring (bicyclic) bond motifs is 1. The van der Waals surface area contributed by atoms with Gasteiger partial charge in [0.25, 0.3) is 11.7 Å². The van der Waals surface area contributed by atoms with Crippen LogP contribution in [0.5, 0.6) is 11.5 Å². The number of amides is 1. The highest BCUT2D eigenvalue weighted by atomic mass is 16.5. The number of unbranched alkanes of at least 4 members (excludes halogenated alkanes) is 2. The van der Waals surface area contributed by atoms with Crippen LogP contribution in [0.3, 0.4) is 0 Å². The number of carbonyl (C=O) groups is 2. The number of hydrogen-bond acceptors (Lipinski definition) is 6. The lowest BCUT2D eigenvalue weighted by molar-refractivity contribution is -0.140. The van der Waals surface area contributed by atoms with Crippen LogP contribution in [0.1, 0.15) is 61.6 Å². The van der Waals surface area contributed by atoms with E-state index in [-0.39, 0.29) is 24.0 Å². The van der Waals surface area contributed by atoms with Gasteiger partial charge in [0.1, 0.15) is 29.1 Å². The molecule has 2 atom stereocenters. The summed E-state index contributed by atoms with van der Waals surface area (Å²) in [5, 5.41) is 11.4. The lowest BCUT2D eigenvalue weighted by atomic mass is 9.94. The molecule has 192 valence electrons. The zero-order chi connectivity index (χ0) is 25.9. The van der Waals surface area contributed by atoms with Crippen LogP contribution in [-0.4, -0.2) is 34.4 Å². The Balaban J connectivity index is 1.56. The molecule has 0 bridgehead atoms. The third-order valence-corrected chi connectivity index (χ3v) is 6.81. The van der Waals surface area contributed by atoms with E-state index >= 15 is 0 Å². The van der Waals surface area contributed by atoms with Gasteiger partial charge in [0.05, 0.1) is 31.0 Å². The van der Waals surface area contributed by atoms with Gasteiger partial charge >= 0.3 is 0 Å². The second-order valence-electron chi connectivity index (χ2n) is 9.59. The number of nitrogens with zero attached hydrogens (tertiary/aromatic N) is 1. The lowest BCUT2D eigenvalue weighted by Crippen LogP contribution is -2.29. The van der Waals surface area contributed by atoms with Crippen molar-refractivity contribution in [3.8, 4) is 11.5 Å². The van der Waals surface area contributed by atoms with Gasteiger partial charge in [-0.05, 0) is 66.9 Å². The third kappa shape index (κ3) is 4.99. The van der Waals surface area contributed by atoms with Crippen LogP contribution in [0, 0.1) is 0 Å². The van der Waals surface area contributed by atoms with Crippen molar-refractivity contribution in [2.45, 2.75) is 58.2 Å². The van der Waals surface area contributed by atoms with Crippen LogP contribution in [-0.2, 0) is 22.6 Å². The highest BCUT2D eigenvalue weighted by Gasteiger charge is 2.46. The van der Waals surface area contributed by atoms with Crippen molar-refractivity contribution in [3.63, 3.8) is 0 Å². The minimum atomic E-state index is -0.798. The van der Waals surface area contributed by atoms with E-state index in [4.69, 9.17) is 13.9 Å². The second kappa shape index (κ2) is 10.5. The van der Waals surface area contributed by atoms with E-state index < -0.39 is 17.7 Å². The molecule has 2 aliphatic heterocycles. The van der Waals surface area contributed by atoms with E-state index in [2.05, 4.69) is 6.92 Å². The first kappa shape index (κ1) is 24.7. The van der Waals surface area contributed by atoms with Gasteiger partial charge in [-0.2, -0.15) is 0 Å². The largest absolute Gasteiger partial charge is 0.507 e. The molecule has 2 aromatic carbocycles. The van der Waals surface area contributed by atoms with Gasteiger partial charge in [-0.15, -0.1) is 0 Å². The van der Waals surface area contributed by atoms with Crippen molar-refractivity contribution in [2.24, 2.45) is 0 Å². The van der Waals surface area contributed by atoms with Gasteiger partial charge in [-0.1, -0.05) is 31.9 Å². The maximum atomic E-state index is 13.4. The first-order valence-electron chi connectivity index (χ1n) is 12.8. The minimum Gasteiger partial charge on any atom is -0.507 e. The number of carbonyl (C=O) groups excluding carboxylic acids is 2. The summed E-state index contributed by atoms with van der Waals surface area (Å²) in [7, 11) is 0. The maximum Gasteiger partial charge on any atom is 0.296 e. The molecule has 37 heavy (non-hydrogen) atoms. The fourth-order valence-electron chi connectivity index (χ4n) is 5.00. The van der Waals surface area contributed by atoms with E-state index in [9.17, 15) is 14.7 Å². The molecule has 0 saturated carbocycles. The number of ketones is 1. The molecule has 0 aliphatic carbocycles. The second-order valence-corrected chi connectivity index (χ2v) is 9.59. The van der Waals surface area contributed by atoms with Gasteiger partial charge in [-0.3, -0.25) is 9.59 Å². The average Bonchev–Trinajstić information content (AvgIpc) is 3.60. The Morgan fingerprint density at radius 1 is 1.11 bits per heavy atom. The Bertz CT molecular complexity index is 1330. The standard InChI is InChI=1S/C30H31NO6/c1-3-4-5-13-35-23-9-6-8-20(17-23)27-26(29(33)30(34)31(27)18-24-10-7-14-36-24)28(32)21-11-12-25-22(16-21)15-19(2)37-25/h6-12,14,16-17,19,27,32H,3-5,13,15,18H2,1-2H3/t19-,27+/m1/s1. The number of aliphatic hydroxyl groups is 1. The van der Waals surface area contributed by atoms with E-state index in [0.29, 0.717) is 35.7 Å². The number of aliphatic hydroxyl groups excluding tert-OH is 1. The van der Waals surface area contributed by atoms with Gasteiger partial charge in [0.2, 0.25) is 0 Å². The summed E-state index contributed by atoms with van der Waals surface area (Å²) in [6, 6.07) is 15.4. The summed E-state index contributed by atoms with van der Waals surface area (Å²) in [6.45, 7) is 4.80. The number of Topliss-reactive ketones (excluding diaryl/α,β-unsaturated/α-hetero) is 1. The third-order valence-electron chi connectivity index (χ3n) is 6.81. The van der Waals surface area contributed by atoms with Crippen molar-refractivity contribution in [2.75, 3.05) is 6.61 Å². The molecule has 1 amide bonds. The molecule has 1 aromatic heterocycles. The molecule has 7 nitrogen and oxygen atoms in total. The van der Waals surface area contributed by atoms with Gasteiger partial charge in [0.15, 0.2) is 0 Å². The number of hydrogen-bond donors (Lipinski definition) is 1. The highest BCUT2D eigenvalue weighted by molar-refractivity contribution is 6.46. The quantitative estimate of drug-likeness (QED) is 0.173. The Labute approximate surface area is 216 Å². The van der Waals surface area contributed by atoms with E-state index in [1.54, 1.807) is 24.3 Å². The summed E-state index contributed by atoms with van der Waals surface area (Å²) in [5.74, 6) is 0.348. The molecule has 0 radical (unpaired) electrons. The van der Waals surface area contributed by atoms with Crippen LogP contribution in [0.15, 0.2) is 70.9 Å². The topological polar surface area (TPSA) is 89.2 Å². The zero-order valence-corrected chi connectivity index (χ0v) is 21.1. The Kier molecular flexibility index (Phi) is 7.04. The number of rotatable bonds is 9. The van der Waals surface area contributed by atoms with Crippen LogP contribution in [0.25, 0.3) is 5.76 Å². The summed E-state index contributed by atoms with van der Waals surface area (Å²) in [4.78, 5) is 28.1. The van der Waals surface area contributed by atoms with Crippen LogP contribution in [0.4, 0.5) is 0 Å². The number of likely N-dealkylation sites (tertiary alicyclic amines) is 1. The van der Waals surface area contributed by atoms with E-state index in [0.717, 1.165) is 30.6 Å². The smallest absolute Gasteiger partial charge is 0.296 e. The molecular formula is C30H31NO6. The van der Waals surface area contributed by atoms with E-state index in [1.807, 2.05) is 37.3 Å². The molecule has 7 heteroatoms. The maximum absolute atomic E-state index is 13.4. The van der Waals surface area contributed by atoms with Crippen molar-refractivity contribution in [1.29, 1.82) is 0 Å². The molecule has 5 rings (SSSR count). The molecule has 0 unspecified atom stereocenters. The Hall–Kier alpha value is -4.00. The van der Waals surface area contributed by atoms with Crippen molar-refractivity contribution >= 4 is 17.4 Å². The number of benzene rings is 2. The number of furan rings is 1. The summed E-state index contributed by atoms with van der Waals surface area (Å²) < 4.78 is 17.2. The van der Waals surface area contributed by atoms with Crippen LogP contribution in [0.2, 0.25) is 0 Å². The lowest BCUT2D eigenvalue weighted by Gasteiger charge is -2.25. The van der Waals surface area contributed by atoms with Gasteiger partial charge in [-0.25, -0.2) is 0 Å². The van der Waals surface area contributed by atoms with Crippen molar-refractivity contribution in [3.05, 3.63) is 88.9 Å². The normalized spacial score (nSPS) is 20.2. The molecule has 0 spiro atoms. The van der Waals surface area contributed by atoms with Gasteiger partial charge < -0.3 is 23.9 Å². The average molecular weight is 502 g/mol. The van der Waals surface area contributed by atoms with Crippen LogP contribution >= 0.6 is 0 Å². The minimum absolute atomic E-state index is 0.0475. The summed E-state index contributed by atoms with van der Waals surface area (Å²) >= 11 is 0. The zero-order valence-electron chi connectivity index (χ0n) is 21.1. The monoisotopic (exact) mass is 501 g/mol. The molecule has 1 saturated heterocycles. The SMILES string of the molecule is CCCCCOc1cccc([C@H]2C(=C(O)c3ccc4c(c3)C[C@@H](C)O4)C(=O)C(=O)N2Cc2ccco2)c1. The van der Waals surface area contributed by atoms with Gasteiger partial charge in [0, 0.05) is 12.0 Å². The fraction of sp³-hybridized carbons (Fsp3) is 0.333. The predicted molar refractivity (Wildman–Crippen MR) is 138 cm³/mol. The van der Waals surface area contributed by atoms with Crippen molar-refractivity contribution < 1.29 is 28.6 Å². The Morgan fingerprint density at radius 2 is 1.97 bits per heavy atom. The molecular weight excluding hydrogens is 470 g/mol. The predicted octanol–water partition coefficient (Wildman–Crippen LogP) is 5.79. The first-order chi connectivity index (χ1) is 18.0. The summed E-state index contributed by atoms with van der Waals surface area (Å²) in [6.07, 6.45) is 5.40. The molecule has 3 heterocycles. The fourth-order valence-corrected chi connectivity index (χ4v) is 5.00. The molecule has 3 aromatic rings. The van der Waals surface area contributed by atoms with Crippen LogP contribution < -0.4 is 9.47 Å². The molecule has 2 aliphatic rings. The molecule has 1 fully saturated rings. The molecule has 1 N–H and O–H groups in total. The number of ether oxygens (including phenoxy) is 2.